The second-order valence-electron chi connectivity index (χ2n) is 6.69. The van der Waals surface area contributed by atoms with Gasteiger partial charge in [0.15, 0.2) is 12.1 Å². The van der Waals surface area contributed by atoms with Gasteiger partial charge in [-0.05, 0) is 56.6 Å². The number of esters is 1. The smallest absolute Gasteiger partial charge is 0.348 e. The monoisotopic (exact) mass is 371 g/mol. The summed E-state index contributed by atoms with van der Waals surface area (Å²) in [6.07, 6.45) is 4.96. The van der Waals surface area contributed by atoms with Gasteiger partial charge in [-0.2, -0.15) is 5.26 Å². The highest BCUT2D eigenvalue weighted by Crippen LogP contribution is 2.35. The van der Waals surface area contributed by atoms with Crippen molar-refractivity contribution in [1.29, 1.82) is 5.26 Å². The molecule has 0 aromatic carbocycles. The Labute approximate surface area is 159 Å². The molecule has 0 saturated heterocycles. The van der Waals surface area contributed by atoms with Crippen molar-refractivity contribution in [3.05, 3.63) is 47.1 Å². The summed E-state index contributed by atoms with van der Waals surface area (Å²) in [5, 5.41) is 9.31. The zero-order valence-electron chi connectivity index (χ0n) is 16.0. The van der Waals surface area contributed by atoms with Crippen LogP contribution in [0.4, 0.5) is 0 Å². The topological polar surface area (TPSA) is 85.6 Å². The fourth-order valence-corrected chi connectivity index (χ4v) is 2.95. The number of fused-ring (bicyclic) bond motifs is 1. The lowest BCUT2D eigenvalue weighted by molar-refractivity contribution is -0.152. The highest BCUT2D eigenvalue weighted by molar-refractivity contribution is 5.96. The van der Waals surface area contributed by atoms with Gasteiger partial charge in [0.1, 0.15) is 11.6 Å². The first-order valence-electron chi connectivity index (χ1n) is 8.99. The second-order valence-corrected chi connectivity index (χ2v) is 6.69. The standard InChI is InChI=1S/C21H25NO5/c1-5-25-21(24)16(12-22)9-15-10-20(26-7-6-13(2)3)27-19-8-14(4)18(23)11-17(15)19/h8-10,17,19-20H,2,5-7,11H2,1,3-4H3/b16-9+. The van der Waals surface area contributed by atoms with E-state index in [-0.39, 0.29) is 36.4 Å². The van der Waals surface area contributed by atoms with Gasteiger partial charge in [0.25, 0.3) is 0 Å². The fraction of sp³-hybridized carbons (Fsp3) is 0.476. The number of rotatable bonds is 7. The first-order valence-corrected chi connectivity index (χ1v) is 8.99. The number of ether oxygens (including phenoxy) is 3. The molecule has 0 aromatic heterocycles. The molecule has 2 rings (SSSR count). The quantitative estimate of drug-likeness (QED) is 0.296. The zero-order chi connectivity index (χ0) is 20.0. The lowest BCUT2D eigenvalue weighted by Crippen LogP contribution is -2.38. The van der Waals surface area contributed by atoms with Gasteiger partial charge in [0, 0.05) is 12.3 Å². The molecule has 2 aliphatic rings. The minimum Gasteiger partial charge on any atom is -0.462 e. The summed E-state index contributed by atoms with van der Waals surface area (Å²) in [6.45, 7) is 9.81. The Hall–Kier alpha value is -2.49. The predicted octanol–water partition coefficient (Wildman–Crippen LogP) is 3.17. The summed E-state index contributed by atoms with van der Waals surface area (Å²) >= 11 is 0. The van der Waals surface area contributed by atoms with Gasteiger partial charge in [-0.25, -0.2) is 4.79 Å². The van der Waals surface area contributed by atoms with Gasteiger partial charge in [0.05, 0.1) is 19.3 Å². The fourth-order valence-electron chi connectivity index (χ4n) is 2.95. The third-order valence-electron chi connectivity index (χ3n) is 4.44. The van der Waals surface area contributed by atoms with Gasteiger partial charge >= 0.3 is 5.97 Å². The first kappa shape index (κ1) is 20.8. The Morgan fingerprint density at radius 3 is 2.85 bits per heavy atom. The average Bonchev–Trinajstić information content (AvgIpc) is 2.60. The van der Waals surface area contributed by atoms with Gasteiger partial charge in [-0.1, -0.05) is 5.57 Å². The Balaban J connectivity index is 2.31. The minimum absolute atomic E-state index is 0.0236. The van der Waals surface area contributed by atoms with Crippen LogP contribution in [0.15, 0.2) is 47.1 Å². The molecule has 0 fully saturated rings. The highest BCUT2D eigenvalue weighted by Gasteiger charge is 2.36. The molecule has 1 heterocycles. The highest BCUT2D eigenvalue weighted by atomic mass is 16.7. The normalized spacial score (nSPS) is 25.0. The van der Waals surface area contributed by atoms with Crippen LogP contribution in [0.3, 0.4) is 0 Å². The van der Waals surface area contributed by atoms with Crippen molar-refractivity contribution < 1.29 is 23.8 Å². The van der Waals surface area contributed by atoms with Crippen LogP contribution < -0.4 is 0 Å². The first-order chi connectivity index (χ1) is 12.8. The van der Waals surface area contributed by atoms with E-state index in [1.54, 1.807) is 26.0 Å². The number of ketones is 1. The SMILES string of the molecule is C=C(C)CCOC1C=C(/C=C(\C#N)C(=O)OCC)C2CC(=O)C(C)=CC2O1. The average molecular weight is 371 g/mol. The lowest BCUT2D eigenvalue weighted by atomic mass is 9.79. The number of nitrogens with zero attached hydrogens (tertiary/aromatic N) is 1. The maximum atomic E-state index is 12.1. The van der Waals surface area contributed by atoms with E-state index in [0.717, 1.165) is 5.57 Å². The van der Waals surface area contributed by atoms with E-state index >= 15 is 0 Å². The Kier molecular flexibility index (Phi) is 7.28. The van der Waals surface area contributed by atoms with Crippen molar-refractivity contribution in [2.75, 3.05) is 13.2 Å². The molecular weight excluding hydrogens is 346 g/mol. The Bertz CT molecular complexity index is 753. The van der Waals surface area contributed by atoms with Crippen molar-refractivity contribution in [2.45, 2.75) is 46.0 Å². The maximum Gasteiger partial charge on any atom is 0.348 e. The van der Waals surface area contributed by atoms with E-state index in [4.69, 9.17) is 14.2 Å². The number of nitriles is 1. The van der Waals surface area contributed by atoms with Crippen LogP contribution in [-0.4, -0.2) is 37.4 Å². The third kappa shape index (κ3) is 5.49. The van der Waals surface area contributed by atoms with E-state index in [0.29, 0.717) is 24.2 Å². The molecule has 144 valence electrons. The molecule has 0 aromatic rings. The van der Waals surface area contributed by atoms with Gasteiger partial charge in [0.2, 0.25) is 0 Å². The minimum atomic E-state index is -0.683. The second kappa shape index (κ2) is 9.45. The van der Waals surface area contributed by atoms with E-state index in [9.17, 15) is 14.9 Å². The summed E-state index contributed by atoms with van der Waals surface area (Å²) < 4.78 is 16.6. The van der Waals surface area contributed by atoms with Crippen molar-refractivity contribution >= 4 is 11.8 Å². The van der Waals surface area contributed by atoms with Crippen LogP contribution in [0.2, 0.25) is 0 Å². The summed E-state index contributed by atoms with van der Waals surface area (Å²) in [5.41, 5.74) is 2.21. The zero-order valence-corrected chi connectivity index (χ0v) is 16.0. The number of carbonyl (C=O) groups is 2. The van der Waals surface area contributed by atoms with Crippen molar-refractivity contribution in [3.8, 4) is 6.07 Å². The molecule has 0 N–H and O–H groups in total. The van der Waals surface area contributed by atoms with Gasteiger partial charge in [-0.15, -0.1) is 6.58 Å². The number of allylic oxidation sites excluding steroid dienone is 2. The molecule has 0 radical (unpaired) electrons. The van der Waals surface area contributed by atoms with E-state index < -0.39 is 12.3 Å². The molecule has 6 nitrogen and oxygen atoms in total. The molecule has 3 unspecified atom stereocenters. The van der Waals surface area contributed by atoms with Crippen LogP contribution in [0.5, 0.6) is 0 Å². The number of hydrogen-bond acceptors (Lipinski definition) is 6. The molecule has 27 heavy (non-hydrogen) atoms. The number of Topliss-reactive ketones (excluding diaryl/α,β-unsaturated/α-hetero) is 1. The van der Waals surface area contributed by atoms with E-state index in [1.807, 2.05) is 13.0 Å². The van der Waals surface area contributed by atoms with Crippen LogP contribution >= 0.6 is 0 Å². The van der Waals surface area contributed by atoms with E-state index in [1.165, 1.54) is 6.08 Å². The molecule has 6 heteroatoms. The molecule has 1 aliphatic carbocycles. The summed E-state index contributed by atoms with van der Waals surface area (Å²) in [5.74, 6) is -0.923. The van der Waals surface area contributed by atoms with Crippen LogP contribution in [-0.2, 0) is 23.8 Å². The van der Waals surface area contributed by atoms with Crippen LogP contribution in [0.25, 0.3) is 0 Å². The number of carbonyl (C=O) groups excluding carboxylic acids is 2. The van der Waals surface area contributed by atoms with Crippen LogP contribution in [0, 0.1) is 17.2 Å². The van der Waals surface area contributed by atoms with Crippen molar-refractivity contribution in [3.63, 3.8) is 0 Å². The summed E-state index contributed by atoms with van der Waals surface area (Å²) in [7, 11) is 0. The largest absolute Gasteiger partial charge is 0.462 e. The molecule has 0 saturated carbocycles. The number of hydrogen-bond donors (Lipinski definition) is 0. The Morgan fingerprint density at radius 2 is 2.22 bits per heavy atom. The molecule has 3 atom stereocenters. The van der Waals surface area contributed by atoms with Gasteiger partial charge in [-0.3, -0.25) is 4.79 Å². The van der Waals surface area contributed by atoms with Crippen LogP contribution in [0.1, 0.15) is 33.6 Å². The summed E-state index contributed by atoms with van der Waals surface area (Å²) in [6, 6.07) is 1.87. The van der Waals surface area contributed by atoms with Crippen molar-refractivity contribution in [1.82, 2.24) is 0 Å². The van der Waals surface area contributed by atoms with Crippen molar-refractivity contribution in [2.24, 2.45) is 5.92 Å². The third-order valence-corrected chi connectivity index (χ3v) is 4.44. The molecule has 0 bridgehead atoms. The molecule has 0 amide bonds. The van der Waals surface area contributed by atoms with Gasteiger partial charge < -0.3 is 14.2 Å². The Morgan fingerprint density at radius 1 is 1.48 bits per heavy atom. The lowest BCUT2D eigenvalue weighted by Gasteiger charge is -2.36. The maximum absolute atomic E-state index is 12.1. The molecular formula is C21H25NO5. The van der Waals surface area contributed by atoms with E-state index in [2.05, 4.69) is 6.58 Å². The molecule has 0 spiro atoms. The summed E-state index contributed by atoms with van der Waals surface area (Å²) in [4.78, 5) is 24.1. The predicted molar refractivity (Wildman–Crippen MR) is 99.3 cm³/mol. The molecule has 1 aliphatic heterocycles.